The van der Waals surface area contributed by atoms with Gasteiger partial charge in [0.2, 0.25) is 0 Å². The number of methoxy groups -OCH3 is 1. The summed E-state index contributed by atoms with van der Waals surface area (Å²) in [7, 11) is -0.872. The van der Waals surface area contributed by atoms with Crippen LogP contribution in [0.25, 0.3) is 10.9 Å². The van der Waals surface area contributed by atoms with Crippen LogP contribution < -0.4 is 0 Å². The molecule has 0 fully saturated rings. The van der Waals surface area contributed by atoms with E-state index in [-0.39, 0.29) is 23.0 Å². The van der Waals surface area contributed by atoms with Gasteiger partial charge in [0.05, 0.1) is 28.2 Å². The molecule has 0 saturated heterocycles. The molecule has 0 bridgehead atoms. The molecular formula is C22H23ClN2O5S. The molecule has 31 heavy (non-hydrogen) atoms. The van der Waals surface area contributed by atoms with Gasteiger partial charge >= 0.3 is 5.97 Å². The number of sulfone groups is 1. The third kappa shape index (κ3) is 4.80. The van der Waals surface area contributed by atoms with Crippen LogP contribution in [-0.2, 0) is 26.4 Å². The van der Waals surface area contributed by atoms with Gasteiger partial charge in [0.1, 0.15) is 0 Å². The number of hydrogen-bond donors (Lipinski definition) is 0. The van der Waals surface area contributed by atoms with Gasteiger partial charge in [-0.1, -0.05) is 18.5 Å². The van der Waals surface area contributed by atoms with E-state index in [0.717, 1.165) is 23.6 Å². The first kappa shape index (κ1) is 23.0. The number of benzene rings is 1. The number of fused-ring (bicyclic) bond motifs is 1. The zero-order valence-electron chi connectivity index (χ0n) is 17.7. The van der Waals surface area contributed by atoms with Crippen molar-refractivity contribution in [3.63, 3.8) is 0 Å². The molecule has 0 saturated carbocycles. The maximum Gasteiger partial charge on any atom is 0.321 e. The molecule has 0 unspecified atom stereocenters. The Balaban J connectivity index is 1.79. The Morgan fingerprint density at radius 3 is 2.55 bits per heavy atom. The summed E-state index contributed by atoms with van der Waals surface area (Å²) in [4.78, 5) is 28.4. The number of aryl methyl sites for hydroxylation is 2. The predicted octanol–water partition coefficient (Wildman–Crippen LogP) is 3.86. The maximum absolute atomic E-state index is 13.0. The Morgan fingerprint density at radius 2 is 1.94 bits per heavy atom. The molecule has 2 heterocycles. The lowest BCUT2D eigenvalue weighted by molar-refractivity contribution is -0.137. The first-order chi connectivity index (χ1) is 14.5. The Morgan fingerprint density at radius 1 is 1.23 bits per heavy atom. The minimum Gasteiger partial charge on any atom is -0.468 e. The van der Waals surface area contributed by atoms with Crippen molar-refractivity contribution >= 4 is 44.1 Å². The lowest BCUT2D eigenvalue weighted by Crippen LogP contribution is -2.17. The number of ether oxygens (including phenoxy) is 1. The van der Waals surface area contributed by atoms with Gasteiger partial charge in [-0.25, -0.2) is 8.42 Å². The van der Waals surface area contributed by atoms with E-state index in [0.29, 0.717) is 16.4 Å². The lowest BCUT2D eigenvalue weighted by atomic mass is 9.99. The van der Waals surface area contributed by atoms with Gasteiger partial charge in [0.25, 0.3) is 0 Å². The Hall–Kier alpha value is -2.71. The number of carbonyl (C=O) groups is 2. The highest BCUT2D eigenvalue weighted by Gasteiger charge is 2.22. The number of hydrogen-bond acceptors (Lipinski definition) is 6. The molecule has 0 aliphatic rings. The Bertz CT molecular complexity index is 1260. The number of nitrogens with zero attached hydrogens (tertiary/aromatic N) is 2. The van der Waals surface area contributed by atoms with Crippen LogP contribution in [-0.4, -0.2) is 42.6 Å². The summed E-state index contributed by atoms with van der Waals surface area (Å²) in [6.45, 7) is 3.80. The molecule has 2 aromatic heterocycles. The van der Waals surface area contributed by atoms with E-state index >= 15 is 0 Å². The SMILES string of the molecule is COC(=O)CS(=O)(=O)c1ccc([C@@H](C)CC(=O)c2cc3c(Cl)cc(C)cc3n2C)nc1. The average molecular weight is 463 g/mol. The van der Waals surface area contributed by atoms with Gasteiger partial charge in [0, 0.05) is 36.7 Å². The van der Waals surface area contributed by atoms with Crippen molar-refractivity contribution in [2.45, 2.75) is 31.1 Å². The quantitative estimate of drug-likeness (QED) is 0.391. The van der Waals surface area contributed by atoms with Gasteiger partial charge in [-0.2, -0.15) is 0 Å². The van der Waals surface area contributed by atoms with Crippen molar-refractivity contribution in [1.82, 2.24) is 9.55 Å². The van der Waals surface area contributed by atoms with E-state index in [1.54, 1.807) is 12.1 Å². The normalized spacial score (nSPS) is 12.7. The van der Waals surface area contributed by atoms with Crippen molar-refractivity contribution in [2.24, 2.45) is 7.05 Å². The van der Waals surface area contributed by atoms with Crippen molar-refractivity contribution in [1.29, 1.82) is 0 Å². The molecule has 0 spiro atoms. The fourth-order valence-electron chi connectivity index (χ4n) is 3.44. The van der Waals surface area contributed by atoms with Gasteiger partial charge in [-0.15, -0.1) is 0 Å². The first-order valence-electron chi connectivity index (χ1n) is 9.57. The molecule has 164 valence electrons. The molecular weight excluding hydrogens is 440 g/mol. The second-order valence-corrected chi connectivity index (χ2v) is 9.95. The summed E-state index contributed by atoms with van der Waals surface area (Å²) in [5.74, 6) is -1.89. The van der Waals surface area contributed by atoms with Crippen LogP contribution in [0.15, 0.2) is 41.4 Å². The highest BCUT2D eigenvalue weighted by molar-refractivity contribution is 7.92. The number of pyridine rings is 1. The maximum atomic E-state index is 13.0. The number of halogens is 1. The van der Waals surface area contributed by atoms with Gasteiger partial charge in [0.15, 0.2) is 21.4 Å². The predicted molar refractivity (Wildman–Crippen MR) is 118 cm³/mol. The summed E-state index contributed by atoms with van der Waals surface area (Å²) in [6, 6.07) is 8.59. The van der Waals surface area contributed by atoms with E-state index in [9.17, 15) is 18.0 Å². The summed E-state index contributed by atoms with van der Waals surface area (Å²) < 4.78 is 30.7. The molecule has 3 aromatic rings. The number of esters is 1. The van der Waals surface area contributed by atoms with Crippen molar-refractivity contribution < 1.29 is 22.7 Å². The Labute approximate surface area is 185 Å². The summed E-state index contributed by atoms with van der Waals surface area (Å²) in [5.41, 5.74) is 3.03. The molecule has 1 atom stereocenters. The van der Waals surface area contributed by atoms with Crippen LogP contribution in [0.5, 0.6) is 0 Å². The average Bonchev–Trinajstić information content (AvgIpc) is 3.04. The molecule has 7 nitrogen and oxygen atoms in total. The van der Waals surface area contributed by atoms with Crippen LogP contribution in [0, 0.1) is 6.92 Å². The molecule has 9 heteroatoms. The third-order valence-corrected chi connectivity index (χ3v) is 7.08. The van der Waals surface area contributed by atoms with Crippen molar-refractivity contribution in [3.8, 4) is 0 Å². The molecule has 0 amide bonds. The fourth-order valence-corrected chi connectivity index (χ4v) is 4.85. The summed E-state index contributed by atoms with van der Waals surface area (Å²) in [5, 5.41) is 1.42. The molecule has 0 aliphatic carbocycles. The molecule has 0 aliphatic heterocycles. The van der Waals surface area contributed by atoms with E-state index in [2.05, 4.69) is 9.72 Å². The Kier molecular flexibility index (Phi) is 6.52. The van der Waals surface area contributed by atoms with Crippen LogP contribution in [0.4, 0.5) is 0 Å². The highest BCUT2D eigenvalue weighted by atomic mass is 35.5. The molecule has 0 N–H and O–H groups in total. The largest absolute Gasteiger partial charge is 0.468 e. The number of Topliss-reactive ketones (excluding diaryl/α,β-unsaturated/α-hetero) is 1. The zero-order chi connectivity index (χ0) is 22.9. The van der Waals surface area contributed by atoms with Crippen molar-refractivity contribution in [3.05, 3.63) is 58.5 Å². The second kappa shape index (κ2) is 8.80. The van der Waals surface area contributed by atoms with E-state index in [1.807, 2.05) is 37.6 Å². The smallest absolute Gasteiger partial charge is 0.321 e. The lowest BCUT2D eigenvalue weighted by Gasteiger charge is -2.12. The van der Waals surface area contributed by atoms with Crippen LogP contribution in [0.2, 0.25) is 5.02 Å². The fraction of sp³-hybridized carbons (Fsp3) is 0.318. The van der Waals surface area contributed by atoms with Crippen molar-refractivity contribution in [2.75, 3.05) is 12.9 Å². The van der Waals surface area contributed by atoms with Crippen LogP contribution in [0.3, 0.4) is 0 Å². The number of carbonyl (C=O) groups excluding carboxylic acids is 2. The topological polar surface area (TPSA) is 95.3 Å². The molecule has 3 rings (SSSR count). The van der Waals surface area contributed by atoms with E-state index in [4.69, 9.17) is 11.6 Å². The summed E-state index contributed by atoms with van der Waals surface area (Å²) in [6.07, 6.45) is 1.40. The molecule has 1 aromatic carbocycles. The summed E-state index contributed by atoms with van der Waals surface area (Å²) >= 11 is 6.33. The monoisotopic (exact) mass is 462 g/mol. The third-order valence-electron chi connectivity index (χ3n) is 5.19. The van der Waals surface area contributed by atoms with Gasteiger partial charge in [-0.05, 0) is 42.8 Å². The van der Waals surface area contributed by atoms with Gasteiger partial charge < -0.3 is 9.30 Å². The minimum absolute atomic E-state index is 0.0656. The highest BCUT2D eigenvalue weighted by Crippen LogP contribution is 2.30. The minimum atomic E-state index is -3.83. The molecule has 0 radical (unpaired) electrons. The van der Waals surface area contributed by atoms with Crippen LogP contribution in [0.1, 0.15) is 41.0 Å². The van der Waals surface area contributed by atoms with E-state index in [1.165, 1.54) is 12.3 Å². The standard InChI is InChI=1S/C22H23ClN2O5S/c1-13-7-17(23)16-10-20(25(3)19(16)8-13)21(26)9-14(2)18-6-5-15(11-24-18)31(28,29)12-22(27)30-4/h5-8,10-11,14H,9,12H2,1-4H3/t14-/m0/s1. The van der Waals surface area contributed by atoms with E-state index < -0.39 is 21.6 Å². The number of rotatable bonds is 7. The van der Waals surface area contributed by atoms with Crippen LogP contribution >= 0.6 is 11.6 Å². The first-order valence-corrected chi connectivity index (χ1v) is 11.6. The number of aromatic nitrogens is 2. The van der Waals surface area contributed by atoms with Gasteiger partial charge in [-0.3, -0.25) is 14.6 Å². The zero-order valence-corrected chi connectivity index (χ0v) is 19.2. The number of ketones is 1. The second-order valence-electron chi connectivity index (χ2n) is 7.55.